The van der Waals surface area contributed by atoms with E-state index in [1.54, 1.807) is 14.2 Å². The maximum absolute atomic E-state index is 11.8. The second-order valence-electron chi connectivity index (χ2n) is 6.70. The van der Waals surface area contributed by atoms with E-state index in [0.717, 1.165) is 53.3 Å². The van der Waals surface area contributed by atoms with Gasteiger partial charge in [0.25, 0.3) is 0 Å². The molecule has 0 aliphatic rings. The Balaban J connectivity index is 2.16. The molecule has 0 saturated carbocycles. The first kappa shape index (κ1) is 18.9. The standard InChI is InChI=1S/C23H25NO3/c1-5-6-7-16-10-15(2)23-19(11-16)18(14-25)12-20(24-23)17-8-9-21(26-3)22(13-17)27-4/h8-14H,5-7H2,1-4H3. The first-order chi connectivity index (χ1) is 13.1. The largest absolute Gasteiger partial charge is 0.493 e. The second kappa shape index (κ2) is 8.21. The quantitative estimate of drug-likeness (QED) is 0.529. The minimum Gasteiger partial charge on any atom is -0.493 e. The molecular weight excluding hydrogens is 338 g/mol. The Bertz CT molecular complexity index is 979. The van der Waals surface area contributed by atoms with Gasteiger partial charge < -0.3 is 9.47 Å². The summed E-state index contributed by atoms with van der Waals surface area (Å²) < 4.78 is 10.7. The number of benzene rings is 2. The Morgan fingerprint density at radius 3 is 2.48 bits per heavy atom. The van der Waals surface area contributed by atoms with Crippen LogP contribution in [0.1, 0.15) is 41.3 Å². The summed E-state index contributed by atoms with van der Waals surface area (Å²) in [4.78, 5) is 16.6. The average Bonchev–Trinajstić information content (AvgIpc) is 2.71. The number of rotatable bonds is 7. The Morgan fingerprint density at radius 2 is 1.81 bits per heavy atom. The van der Waals surface area contributed by atoms with E-state index >= 15 is 0 Å². The van der Waals surface area contributed by atoms with E-state index in [4.69, 9.17) is 14.5 Å². The third-order valence-corrected chi connectivity index (χ3v) is 4.82. The summed E-state index contributed by atoms with van der Waals surface area (Å²) in [5.74, 6) is 1.30. The van der Waals surface area contributed by atoms with Gasteiger partial charge in [0.15, 0.2) is 17.8 Å². The molecule has 3 aromatic rings. The van der Waals surface area contributed by atoms with Crippen LogP contribution in [0, 0.1) is 6.92 Å². The van der Waals surface area contributed by atoms with E-state index in [2.05, 4.69) is 26.0 Å². The Kier molecular flexibility index (Phi) is 5.75. The highest BCUT2D eigenvalue weighted by Gasteiger charge is 2.13. The minimum atomic E-state index is 0.635. The fourth-order valence-electron chi connectivity index (χ4n) is 3.37. The molecule has 2 aromatic carbocycles. The van der Waals surface area contributed by atoms with Gasteiger partial charge in [-0.2, -0.15) is 0 Å². The summed E-state index contributed by atoms with van der Waals surface area (Å²) in [6, 6.07) is 11.8. The number of fused-ring (bicyclic) bond motifs is 1. The van der Waals surface area contributed by atoms with Crippen molar-refractivity contribution in [2.24, 2.45) is 0 Å². The predicted molar refractivity (Wildman–Crippen MR) is 109 cm³/mol. The lowest BCUT2D eigenvalue weighted by atomic mass is 9.98. The van der Waals surface area contributed by atoms with Crippen molar-refractivity contribution in [3.63, 3.8) is 0 Å². The molecule has 4 nitrogen and oxygen atoms in total. The topological polar surface area (TPSA) is 48.4 Å². The lowest BCUT2D eigenvalue weighted by Crippen LogP contribution is -1.97. The molecule has 0 bridgehead atoms. The van der Waals surface area contributed by atoms with Crippen molar-refractivity contribution in [2.75, 3.05) is 14.2 Å². The molecule has 1 aromatic heterocycles. The molecule has 0 radical (unpaired) electrons. The second-order valence-corrected chi connectivity index (χ2v) is 6.70. The number of methoxy groups -OCH3 is 2. The first-order valence-electron chi connectivity index (χ1n) is 9.23. The number of ether oxygens (including phenoxy) is 2. The summed E-state index contributed by atoms with van der Waals surface area (Å²) >= 11 is 0. The van der Waals surface area contributed by atoms with Crippen LogP contribution in [-0.4, -0.2) is 25.5 Å². The molecule has 0 aliphatic heterocycles. The predicted octanol–water partition coefficient (Wildman–Crippen LogP) is 5.38. The SMILES string of the molecule is CCCCc1cc(C)c2nc(-c3ccc(OC)c(OC)c3)cc(C=O)c2c1. The highest BCUT2D eigenvalue weighted by molar-refractivity contribution is 5.99. The average molecular weight is 363 g/mol. The zero-order valence-electron chi connectivity index (χ0n) is 16.3. The molecule has 0 saturated heterocycles. The van der Waals surface area contributed by atoms with E-state index < -0.39 is 0 Å². The van der Waals surface area contributed by atoms with Crippen molar-refractivity contribution in [3.8, 4) is 22.8 Å². The van der Waals surface area contributed by atoms with Gasteiger partial charge in [-0.3, -0.25) is 4.79 Å². The highest BCUT2D eigenvalue weighted by atomic mass is 16.5. The molecule has 0 fully saturated rings. The van der Waals surface area contributed by atoms with Crippen LogP contribution in [0.3, 0.4) is 0 Å². The number of unbranched alkanes of at least 4 members (excludes halogenated alkanes) is 1. The summed E-state index contributed by atoms with van der Waals surface area (Å²) in [5.41, 5.74) is 5.49. The Morgan fingerprint density at radius 1 is 1.04 bits per heavy atom. The van der Waals surface area contributed by atoms with Crippen molar-refractivity contribution in [1.82, 2.24) is 4.98 Å². The summed E-state index contributed by atoms with van der Waals surface area (Å²) in [5, 5.41) is 0.917. The van der Waals surface area contributed by atoms with Crippen molar-refractivity contribution < 1.29 is 14.3 Å². The van der Waals surface area contributed by atoms with Crippen LogP contribution in [0.25, 0.3) is 22.2 Å². The molecule has 0 spiro atoms. The summed E-state index contributed by atoms with van der Waals surface area (Å²) in [7, 11) is 3.21. The number of carbonyl (C=O) groups excluding carboxylic acids is 1. The smallest absolute Gasteiger partial charge is 0.161 e. The maximum atomic E-state index is 11.8. The van der Waals surface area contributed by atoms with Crippen molar-refractivity contribution in [1.29, 1.82) is 0 Å². The molecule has 4 heteroatoms. The third-order valence-electron chi connectivity index (χ3n) is 4.82. The number of aryl methyl sites for hydroxylation is 2. The zero-order valence-corrected chi connectivity index (χ0v) is 16.3. The fraction of sp³-hybridized carbons (Fsp3) is 0.304. The van der Waals surface area contributed by atoms with Crippen LogP contribution in [-0.2, 0) is 6.42 Å². The van der Waals surface area contributed by atoms with E-state index in [1.807, 2.05) is 24.3 Å². The molecule has 27 heavy (non-hydrogen) atoms. The molecule has 3 rings (SSSR count). The van der Waals surface area contributed by atoms with Gasteiger partial charge in [0.05, 0.1) is 25.4 Å². The number of pyridine rings is 1. The van der Waals surface area contributed by atoms with Gasteiger partial charge in [-0.15, -0.1) is 0 Å². The third kappa shape index (κ3) is 3.80. The molecule has 0 N–H and O–H groups in total. The maximum Gasteiger partial charge on any atom is 0.161 e. The van der Waals surface area contributed by atoms with Crippen molar-refractivity contribution in [2.45, 2.75) is 33.1 Å². The van der Waals surface area contributed by atoms with Crippen LogP contribution in [0.2, 0.25) is 0 Å². The fourth-order valence-corrected chi connectivity index (χ4v) is 3.37. The lowest BCUT2D eigenvalue weighted by Gasteiger charge is -2.13. The molecular formula is C23H25NO3. The minimum absolute atomic E-state index is 0.635. The van der Waals surface area contributed by atoms with E-state index in [-0.39, 0.29) is 0 Å². The Labute approximate surface area is 160 Å². The van der Waals surface area contributed by atoms with Gasteiger partial charge in [0.1, 0.15) is 0 Å². The van der Waals surface area contributed by atoms with Gasteiger partial charge >= 0.3 is 0 Å². The number of carbonyl (C=O) groups is 1. The van der Waals surface area contributed by atoms with Crippen LogP contribution >= 0.6 is 0 Å². The summed E-state index contributed by atoms with van der Waals surface area (Å²) in [6.45, 7) is 4.24. The summed E-state index contributed by atoms with van der Waals surface area (Å²) in [6.07, 6.45) is 4.22. The van der Waals surface area contributed by atoms with Crippen molar-refractivity contribution in [3.05, 3.63) is 53.1 Å². The monoisotopic (exact) mass is 363 g/mol. The number of nitrogens with zero attached hydrogens (tertiary/aromatic N) is 1. The molecule has 0 amide bonds. The lowest BCUT2D eigenvalue weighted by molar-refractivity contribution is 0.112. The number of hydrogen-bond donors (Lipinski definition) is 0. The first-order valence-corrected chi connectivity index (χ1v) is 9.23. The van der Waals surface area contributed by atoms with Gasteiger partial charge in [-0.05, 0) is 61.2 Å². The molecule has 0 unspecified atom stereocenters. The van der Waals surface area contributed by atoms with E-state index in [1.165, 1.54) is 5.56 Å². The highest BCUT2D eigenvalue weighted by Crippen LogP contribution is 2.33. The molecule has 140 valence electrons. The van der Waals surface area contributed by atoms with E-state index in [9.17, 15) is 4.79 Å². The number of aromatic nitrogens is 1. The number of hydrogen-bond acceptors (Lipinski definition) is 4. The van der Waals surface area contributed by atoms with Gasteiger partial charge in [-0.1, -0.05) is 19.4 Å². The Hall–Kier alpha value is -2.88. The van der Waals surface area contributed by atoms with Crippen LogP contribution < -0.4 is 9.47 Å². The molecule has 0 aliphatic carbocycles. The normalized spacial score (nSPS) is 10.8. The van der Waals surface area contributed by atoms with E-state index in [0.29, 0.717) is 17.1 Å². The van der Waals surface area contributed by atoms with Crippen LogP contribution in [0.5, 0.6) is 11.5 Å². The van der Waals surface area contributed by atoms with Gasteiger partial charge in [-0.25, -0.2) is 4.98 Å². The van der Waals surface area contributed by atoms with Crippen molar-refractivity contribution >= 4 is 17.2 Å². The van der Waals surface area contributed by atoms with Crippen LogP contribution in [0.4, 0.5) is 0 Å². The van der Waals surface area contributed by atoms with Gasteiger partial charge in [0.2, 0.25) is 0 Å². The molecule has 1 heterocycles. The number of aldehydes is 1. The van der Waals surface area contributed by atoms with Crippen LogP contribution in [0.15, 0.2) is 36.4 Å². The van der Waals surface area contributed by atoms with Gasteiger partial charge in [0, 0.05) is 16.5 Å². The molecule has 0 atom stereocenters. The zero-order chi connectivity index (χ0) is 19.4.